The number of hydrogen-bond acceptors (Lipinski definition) is 1. The van der Waals surface area contributed by atoms with Gasteiger partial charge in [-0.15, -0.1) is 0 Å². The first-order valence-corrected chi connectivity index (χ1v) is 11.1. The van der Waals surface area contributed by atoms with E-state index >= 15 is 0 Å². The van der Waals surface area contributed by atoms with Gasteiger partial charge in [-0.2, -0.15) is 0 Å². The molecule has 0 aliphatic carbocycles. The fourth-order valence-corrected chi connectivity index (χ4v) is 3.60. The van der Waals surface area contributed by atoms with Gasteiger partial charge in [0.1, 0.15) is 11.6 Å². The van der Waals surface area contributed by atoms with Gasteiger partial charge in [-0.25, -0.2) is 17.6 Å². The molecule has 4 aromatic rings. The van der Waals surface area contributed by atoms with Gasteiger partial charge in [-0.3, -0.25) is 0 Å². The summed E-state index contributed by atoms with van der Waals surface area (Å²) in [5.41, 5.74) is 2.18. The maximum atomic E-state index is 14.7. The van der Waals surface area contributed by atoms with Crippen LogP contribution in [0.5, 0.6) is 5.75 Å². The van der Waals surface area contributed by atoms with E-state index in [1.807, 2.05) is 24.3 Å². The van der Waals surface area contributed by atoms with E-state index < -0.39 is 23.3 Å². The third kappa shape index (κ3) is 5.23. The fraction of sp³-hybridized carbons (Fsp3) is 0.172. The molecule has 4 aromatic carbocycles. The Hall–Kier alpha value is -3.78. The van der Waals surface area contributed by atoms with E-state index in [2.05, 4.69) is 18.8 Å². The Kier molecular flexibility index (Phi) is 7.18. The van der Waals surface area contributed by atoms with Crippen LogP contribution in [0, 0.1) is 35.1 Å². The van der Waals surface area contributed by atoms with Crippen LogP contribution in [0.15, 0.2) is 66.7 Å². The standard InChI is InChI=1S/C29H22F4O/c1-2-3-4-15-34-24-12-10-20(11-13-24)22-9-8-21(26(30)17-22)7-5-19-6-14-25-23(16-19)18-27(31)29(33)28(25)32/h6,8-14,16-18H,2-4,15H2,1H3. The predicted molar refractivity (Wildman–Crippen MR) is 127 cm³/mol. The quantitative estimate of drug-likeness (QED) is 0.122. The summed E-state index contributed by atoms with van der Waals surface area (Å²) in [6, 6.07) is 17.4. The number of benzene rings is 4. The van der Waals surface area contributed by atoms with Crippen molar-refractivity contribution in [2.45, 2.75) is 26.2 Å². The van der Waals surface area contributed by atoms with Gasteiger partial charge in [-0.05, 0) is 65.4 Å². The highest BCUT2D eigenvalue weighted by Gasteiger charge is 2.13. The average Bonchev–Trinajstić information content (AvgIpc) is 2.85. The van der Waals surface area contributed by atoms with E-state index in [0.717, 1.165) is 36.6 Å². The van der Waals surface area contributed by atoms with E-state index in [1.54, 1.807) is 12.1 Å². The Morgan fingerprint density at radius 2 is 1.47 bits per heavy atom. The van der Waals surface area contributed by atoms with Crippen LogP contribution >= 0.6 is 0 Å². The van der Waals surface area contributed by atoms with Crippen molar-refractivity contribution >= 4 is 10.8 Å². The Balaban J connectivity index is 1.51. The van der Waals surface area contributed by atoms with Crippen LogP contribution in [0.2, 0.25) is 0 Å². The second kappa shape index (κ2) is 10.4. The van der Waals surface area contributed by atoms with Crippen LogP contribution in [0.1, 0.15) is 37.3 Å². The minimum Gasteiger partial charge on any atom is -0.494 e. The van der Waals surface area contributed by atoms with Gasteiger partial charge in [-0.1, -0.05) is 55.9 Å². The molecule has 0 fully saturated rings. The summed E-state index contributed by atoms with van der Waals surface area (Å²) in [7, 11) is 0. The summed E-state index contributed by atoms with van der Waals surface area (Å²) in [4.78, 5) is 0. The lowest BCUT2D eigenvalue weighted by atomic mass is 10.0. The summed E-state index contributed by atoms with van der Waals surface area (Å²) in [6.07, 6.45) is 3.28. The van der Waals surface area contributed by atoms with Gasteiger partial charge in [0.05, 0.1) is 12.2 Å². The number of unbranched alkanes of at least 4 members (excludes halogenated alkanes) is 2. The van der Waals surface area contributed by atoms with Crippen molar-refractivity contribution < 1.29 is 22.3 Å². The molecule has 172 valence electrons. The van der Waals surface area contributed by atoms with Crippen molar-refractivity contribution in [1.29, 1.82) is 0 Å². The molecule has 0 saturated heterocycles. The Morgan fingerprint density at radius 1 is 0.706 bits per heavy atom. The molecule has 4 rings (SSSR count). The fourth-order valence-electron chi connectivity index (χ4n) is 3.60. The maximum Gasteiger partial charge on any atom is 0.195 e. The minimum atomic E-state index is -1.51. The van der Waals surface area contributed by atoms with Gasteiger partial charge in [0, 0.05) is 10.9 Å². The molecule has 34 heavy (non-hydrogen) atoms. The van der Waals surface area contributed by atoms with Crippen LogP contribution in [-0.4, -0.2) is 6.61 Å². The Morgan fingerprint density at radius 3 is 2.21 bits per heavy atom. The lowest BCUT2D eigenvalue weighted by Crippen LogP contribution is -1.96. The molecule has 0 N–H and O–H groups in total. The molecule has 0 aromatic heterocycles. The second-order valence-electron chi connectivity index (χ2n) is 7.95. The van der Waals surface area contributed by atoms with Crippen molar-refractivity contribution in [2.24, 2.45) is 0 Å². The molecule has 0 unspecified atom stereocenters. The molecule has 0 aliphatic rings. The summed E-state index contributed by atoms with van der Waals surface area (Å²) in [6.45, 7) is 2.81. The predicted octanol–water partition coefficient (Wildman–Crippen LogP) is 8.03. The third-order valence-electron chi connectivity index (χ3n) is 5.49. The molecule has 0 bridgehead atoms. The number of rotatable bonds is 6. The summed E-state index contributed by atoms with van der Waals surface area (Å²) < 4.78 is 61.2. The largest absolute Gasteiger partial charge is 0.494 e. The van der Waals surface area contributed by atoms with Gasteiger partial charge in [0.2, 0.25) is 0 Å². The zero-order valence-electron chi connectivity index (χ0n) is 18.6. The Bertz CT molecular complexity index is 1380. The second-order valence-corrected chi connectivity index (χ2v) is 7.95. The first kappa shape index (κ1) is 23.4. The highest BCUT2D eigenvalue weighted by Crippen LogP contribution is 2.26. The van der Waals surface area contributed by atoms with Crippen molar-refractivity contribution in [3.8, 4) is 28.7 Å². The smallest absolute Gasteiger partial charge is 0.195 e. The molecule has 0 amide bonds. The molecular weight excluding hydrogens is 440 g/mol. The summed E-state index contributed by atoms with van der Waals surface area (Å²) in [5.74, 6) is 1.82. The molecule has 1 nitrogen and oxygen atoms in total. The lowest BCUT2D eigenvalue weighted by molar-refractivity contribution is 0.306. The highest BCUT2D eigenvalue weighted by molar-refractivity contribution is 5.84. The van der Waals surface area contributed by atoms with Crippen molar-refractivity contribution in [3.63, 3.8) is 0 Å². The minimum absolute atomic E-state index is 0.0441. The van der Waals surface area contributed by atoms with Crippen LogP contribution in [0.25, 0.3) is 21.9 Å². The zero-order valence-corrected chi connectivity index (χ0v) is 18.6. The number of ether oxygens (including phenoxy) is 1. The van der Waals surface area contributed by atoms with Gasteiger partial charge >= 0.3 is 0 Å². The van der Waals surface area contributed by atoms with Crippen molar-refractivity contribution in [3.05, 3.63) is 101 Å². The highest BCUT2D eigenvalue weighted by atomic mass is 19.2. The lowest BCUT2D eigenvalue weighted by Gasteiger charge is -2.07. The number of hydrogen-bond donors (Lipinski definition) is 0. The Labute approximate surface area is 196 Å². The maximum absolute atomic E-state index is 14.7. The monoisotopic (exact) mass is 462 g/mol. The summed E-state index contributed by atoms with van der Waals surface area (Å²) in [5, 5.41) is 0.133. The van der Waals surface area contributed by atoms with E-state index in [1.165, 1.54) is 24.3 Å². The van der Waals surface area contributed by atoms with Gasteiger partial charge in [0.25, 0.3) is 0 Å². The van der Waals surface area contributed by atoms with E-state index in [0.29, 0.717) is 17.7 Å². The normalized spacial score (nSPS) is 10.7. The SMILES string of the molecule is CCCCCOc1ccc(-c2ccc(C#Cc3ccc4c(F)c(F)c(F)cc4c3)c(F)c2)cc1. The summed E-state index contributed by atoms with van der Waals surface area (Å²) >= 11 is 0. The average molecular weight is 462 g/mol. The van der Waals surface area contributed by atoms with Crippen LogP contribution < -0.4 is 4.74 Å². The molecular formula is C29H22F4O. The topological polar surface area (TPSA) is 9.23 Å². The number of fused-ring (bicyclic) bond motifs is 1. The van der Waals surface area contributed by atoms with Crippen LogP contribution in [-0.2, 0) is 0 Å². The first-order valence-electron chi connectivity index (χ1n) is 11.1. The molecule has 5 heteroatoms. The third-order valence-corrected chi connectivity index (χ3v) is 5.49. The molecule has 0 heterocycles. The van der Waals surface area contributed by atoms with E-state index in [4.69, 9.17) is 4.74 Å². The molecule has 0 aliphatic heterocycles. The number of halogens is 4. The molecule has 0 saturated carbocycles. The first-order chi connectivity index (χ1) is 16.5. The molecule has 0 radical (unpaired) electrons. The van der Waals surface area contributed by atoms with Crippen LogP contribution in [0.3, 0.4) is 0 Å². The molecule has 0 spiro atoms. The van der Waals surface area contributed by atoms with Gasteiger partial charge < -0.3 is 4.74 Å². The zero-order chi connectivity index (χ0) is 24.1. The van der Waals surface area contributed by atoms with Crippen LogP contribution in [0.4, 0.5) is 17.6 Å². The van der Waals surface area contributed by atoms with Crippen molar-refractivity contribution in [2.75, 3.05) is 6.61 Å². The van der Waals surface area contributed by atoms with Gasteiger partial charge in [0.15, 0.2) is 17.5 Å². The van der Waals surface area contributed by atoms with Crippen molar-refractivity contribution in [1.82, 2.24) is 0 Å². The van der Waals surface area contributed by atoms with E-state index in [-0.39, 0.29) is 16.3 Å². The molecule has 0 atom stereocenters. The van der Waals surface area contributed by atoms with E-state index in [9.17, 15) is 17.6 Å².